The third kappa shape index (κ3) is 3.66. The monoisotopic (exact) mass is 366 g/mol. The quantitative estimate of drug-likeness (QED) is 0.882. The molecule has 0 bridgehead atoms. The summed E-state index contributed by atoms with van der Waals surface area (Å²) in [5, 5.41) is 10.1. The van der Waals surface area contributed by atoms with Gasteiger partial charge in [-0.1, -0.05) is 30.7 Å². The first-order valence-corrected chi connectivity index (χ1v) is 8.99. The average molecular weight is 367 g/mol. The molecule has 7 heteroatoms. The van der Waals surface area contributed by atoms with Gasteiger partial charge in [0.25, 0.3) is 0 Å². The number of carboxylic acids is 1. The van der Waals surface area contributed by atoms with Gasteiger partial charge in [-0.25, -0.2) is 4.79 Å². The van der Waals surface area contributed by atoms with E-state index < -0.39 is 17.7 Å². The molecular weight excluding hydrogens is 344 g/mol. The van der Waals surface area contributed by atoms with E-state index in [1.807, 2.05) is 0 Å². The van der Waals surface area contributed by atoms with Crippen LogP contribution in [0.4, 0.5) is 0 Å². The number of piperidine rings is 1. The number of hydrogen-bond acceptors (Lipinski definition) is 4. The van der Waals surface area contributed by atoms with E-state index >= 15 is 0 Å². The Balaban J connectivity index is 1.81. The number of aliphatic carboxylic acids is 1. The molecule has 0 aromatic heterocycles. The third-order valence-corrected chi connectivity index (χ3v) is 5.42. The van der Waals surface area contributed by atoms with E-state index in [2.05, 4.69) is 11.8 Å². The zero-order valence-electron chi connectivity index (χ0n) is 14.3. The predicted molar refractivity (Wildman–Crippen MR) is 93.5 cm³/mol. The van der Waals surface area contributed by atoms with Gasteiger partial charge in [0.1, 0.15) is 5.72 Å². The van der Waals surface area contributed by atoms with Gasteiger partial charge in [0.05, 0.1) is 13.0 Å². The van der Waals surface area contributed by atoms with E-state index in [0.717, 1.165) is 25.2 Å². The summed E-state index contributed by atoms with van der Waals surface area (Å²) in [6.07, 6.45) is 1.41. The number of benzene rings is 1. The highest BCUT2D eigenvalue weighted by Gasteiger charge is 2.53. The van der Waals surface area contributed by atoms with Gasteiger partial charge in [0.2, 0.25) is 5.91 Å². The van der Waals surface area contributed by atoms with Gasteiger partial charge in [0.15, 0.2) is 6.04 Å². The van der Waals surface area contributed by atoms with Gasteiger partial charge in [-0.3, -0.25) is 9.69 Å². The maximum absolute atomic E-state index is 13.0. The molecule has 2 saturated heterocycles. The second kappa shape index (κ2) is 7.32. The van der Waals surface area contributed by atoms with Crippen LogP contribution in [0.25, 0.3) is 0 Å². The lowest BCUT2D eigenvalue weighted by molar-refractivity contribution is -0.165. The molecule has 1 aromatic rings. The lowest BCUT2D eigenvalue weighted by Gasteiger charge is -2.44. The molecule has 3 rings (SSSR count). The van der Waals surface area contributed by atoms with Crippen molar-refractivity contribution in [3.63, 3.8) is 0 Å². The van der Waals surface area contributed by atoms with Crippen LogP contribution in [0.2, 0.25) is 5.02 Å². The van der Waals surface area contributed by atoms with E-state index in [-0.39, 0.29) is 18.9 Å². The smallest absolute Gasteiger partial charge is 0.328 e. The molecule has 136 valence electrons. The van der Waals surface area contributed by atoms with Gasteiger partial charge in [0, 0.05) is 31.0 Å². The van der Waals surface area contributed by atoms with Crippen LogP contribution in [0.1, 0.15) is 25.3 Å². The first-order valence-electron chi connectivity index (χ1n) is 8.61. The number of carbonyl (C=O) groups is 2. The largest absolute Gasteiger partial charge is 0.480 e. The molecule has 1 aromatic carbocycles. The minimum Gasteiger partial charge on any atom is -0.480 e. The molecule has 1 N–H and O–H groups in total. The van der Waals surface area contributed by atoms with Crippen LogP contribution in [-0.4, -0.2) is 64.8 Å². The summed E-state index contributed by atoms with van der Waals surface area (Å²) in [7, 11) is 0. The highest BCUT2D eigenvalue weighted by molar-refractivity contribution is 6.30. The number of ether oxygens (including phenoxy) is 1. The molecule has 6 nitrogen and oxygen atoms in total. The Morgan fingerprint density at radius 2 is 1.92 bits per heavy atom. The minimum atomic E-state index is -1.01. The molecule has 1 spiro atoms. The van der Waals surface area contributed by atoms with Crippen molar-refractivity contribution in [3.05, 3.63) is 34.9 Å². The van der Waals surface area contributed by atoms with Crippen molar-refractivity contribution in [1.29, 1.82) is 0 Å². The van der Waals surface area contributed by atoms with Crippen molar-refractivity contribution < 1.29 is 19.4 Å². The van der Waals surface area contributed by atoms with Crippen LogP contribution < -0.4 is 0 Å². The highest BCUT2D eigenvalue weighted by atomic mass is 35.5. The fraction of sp³-hybridized carbons (Fsp3) is 0.556. The lowest BCUT2D eigenvalue weighted by atomic mass is 9.97. The number of rotatable bonds is 4. The standard InChI is InChI=1S/C18H23ClN2O4/c1-2-20-9-7-18(8-10-20)21(15(12-25-18)17(23)24)16(22)11-13-3-5-14(19)6-4-13/h3-6,15H,2,7-12H2,1H3,(H,23,24)/t15-/m0/s1. The van der Waals surface area contributed by atoms with E-state index in [1.165, 1.54) is 4.90 Å². The van der Waals surface area contributed by atoms with Crippen molar-refractivity contribution in [2.45, 2.75) is 38.0 Å². The molecule has 0 radical (unpaired) electrons. The molecule has 1 amide bonds. The Bertz CT molecular complexity index is 641. The summed E-state index contributed by atoms with van der Waals surface area (Å²) in [6, 6.07) is 6.12. The number of carbonyl (C=O) groups excluding carboxylic acids is 1. The first kappa shape index (κ1) is 18.2. The van der Waals surface area contributed by atoms with Crippen molar-refractivity contribution in [1.82, 2.24) is 9.80 Å². The summed E-state index contributed by atoms with van der Waals surface area (Å²) >= 11 is 5.89. The second-order valence-electron chi connectivity index (χ2n) is 6.61. The van der Waals surface area contributed by atoms with Crippen molar-refractivity contribution in [2.75, 3.05) is 26.2 Å². The van der Waals surface area contributed by atoms with Crippen LogP contribution in [0, 0.1) is 0 Å². The number of likely N-dealkylation sites (tertiary alicyclic amines) is 1. The summed E-state index contributed by atoms with van der Waals surface area (Å²) in [4.78, 5) is 28.4. The number of nitrogens with zero attached hydrogens (tertiary/aromatic N) is 2. The molecule has 1 atom stereocenters. The van der Waals surface area contributed by atoms with Crippen molar-refractivity contribution in [2.24, 2.45) is 0 Å². The lowest BCUT2D eigenvalue weighted by Crippen LogP contribution is -2.58. The van der Waals surface area contributed by atoms with Gasteiger partial charge in [-0.15, -0.1) is 0 Å². The number of amides is 1. The van der Waals surface area contributed by atoms with Crippen LogP contribution in [-0.2, 0) is 20.7 Å². The molecule has 2 aliphatic heterocycles. The van der Waals surface area contributed by atoms with Crippen LogP contribution in [0.5, 0.6) is 0 Å². The summed E-state index contributed by atoms with van der Waals surface area (Å²) in [5.74, 6) is -1.23. The molecule has 2 aliphatic rings. The third-order valence-electron chi connectivity index (χ3n) is 5.17. The van der Waals surface area contributed by atoms with Crippen molar-refractivity contribution in [3.8, 4) is 0 Å². The zero-order valence-corrected chi connectivity index (χ0v) is 15.0. The molecule has 2 fully saturated rings. The highest BCUT2D eigenvalue weighted by Crippen LogP contribution is 2.37. The van der Waals surface area contributed by atoms with Gasteiger partial charge in [-0.05, 0) is 24.2 Å². The fourth-order valence-electron chi connectivity index (χ4n) is 3.71. The number of halogens is 1. The van der Waals surface area contributed by atoms with Crippen LogP contribution in [0.15, 0.2) is 24.3 Å². The Morgan fingerprint density at radius 1 is 1.28 bits per heavy atom. The predicted octanol–water partition coefficient (Wildman–Crippen LogP) is 2.01. The van der Waals surface area contributed by atoms with Crippen molar-refractivity contribution >= 4 is 23.5 Å². The van der Waals surface area contributed by atoms with Crippen LogP contribution in [0.3, 0.4) is 0 Å². The topological polar surface area (TPSA) is 70.1 Å². The summed E-state index contributed by atoms with van der Waals surface area (Å²) < 4.78 is 5.92. The Morgan fingerprint density at radius 3 is 2.48 bits per heavy atom. The second-order valence-corrected chi connectivity index (χ2v) is 7.05. The normalized spacial score (nSPS) is 23.1. The van der Waals surface area contributed by atoms with Crippen LogP contribution >= 0.6 is 11.6 Å². The van der Waals surface area contributed by atoms with Gasteiger partial charge < -0.3 is 14.7 Å². The van der Waals surface area contributed by atoms with Gasteiger partial charge in [-0.2, -0.15) is 0 Å². The summed E-state index contributed by atoms with van der Waals surface area (Å²) in [6.45, 7) is 4.68. The number of hydrogen-bond donors (Lipinski definition) is 1. The molecule has 0 aliphatic carbocycles. The molecular formula is C18H23ClN2O4. The maximum Gasteiger partial charge on any atom is 0.328 e. The fourth-order valence-corrected chi connectivity index (χ4v) is 3.84. The summed E-state index contributed by atoms with van der Waals surface area (Å²) in [5.41, 5.74) is 0.0182. The molecule has 0 unspecified atom stereocenters. The van der Waals surface area contributed by atoms with Gasteiger partial charge >= 0.3 is 5.97 Å². The van der Waals surface area contributed by atoms with E-state index in [9.17, 15) is 14.7 Å². The Hall–Kier alpha value is -1.63. The van der Waals surface area contributed by atoms with E-state index in [0.29, 0.717) is 17.9 Å². The SMILES string of the molecule is CCN1CCC2(CC1)OC[C@@H](C(=O)O)N2C(=O)Cc1ccc(Cl)cc1. The number of carboxylic acid groups (broad SMARTS) is 1. The average Bonchev–Trinajstić information content (AvgIpc) is 2.97. The molecule has 0 saturated carbocycles. The Kier molecular flexibility index (Phi) is 5.32. The van der Waals surface area contributed by atoms with E-state index in [1.54, 1.807) is 24.3 Å². The first-order chi connectivity index (χ1) is 11.9. The minimum absolute atomic E-state index is 0.0494. The zero-order chi connectivity index (χ0) is 18.0. The molecule has 2 heterocycles. The Labute approximate surface area is 152 Å². The maximum atomic E-state index is 13.0. The molecule has 25 heavy (non-hydrogen) atoms. The van der Waals surface area contributed by atoms with E-state index in [4.69, 9.17) is 16.3 Å².